The van der Waals surface area contributed by atoms with Crippen LogP contribution >= 0.6 is 0 Å². The third kappa shape index (κ3) is 4.02. The van der Waals surface area contributed by atoms with Gasteiger partial charge >= 0.3 is 0 Å². The number of rotatable bonds is 5. The summed E-state index contributed by atoms with van der Waals surface area (Å²) in [6.45, 7) is 9.98. The Morgan fingerprint density at radius 3 is 2.14 bits per heavy atom. The highest BCUT2D eigenvalue weighted by atomic mass is 16.2. The lowest BCUT2D eigenvalue weighted by Gasteiger charge is -2.27. The molecule has 0 saturated carbocycles. The fourth-order valence-electron chi connectivity index (χ4n) is 3.87. The Kier molecular flexibility index (Phi) is 6.02. The van der Waals surface area contributed by atoms with Gasteiger partial charge in [-0.1, -0.05) is 55.5 Å². The predicted molar refractivity (Wildman–Crippen MR) is 119 cm³/mol. The lowest BCUT2D eigenvalue weighted by atomic mass is 10.0. The van der Waals surface area contributed by atoms with E-state index in [1.165, 1.54) is 0 Å². The van der Waals surface area contributed by atoms with E-state index in [9.17, 15) is 9.59 Å². The van der Waals surface area contributed by atoms with Gasteiger partial charge in [-0.2, -0.15) is 0 Å². The van der Waals surface area contributed by atoms with Crippen molar-refractivity contribution in [3.63, 3.8) is 0 Å². The molecule has 0 atom stereocenters. The van der Waals surface area contributed by atoms with E-state index in [0.29, 0.717) is 17.8 Å². The van der Waals surface area contributed by atoms with E-state index in [1.54, 1.807) is 18.7 Å². The molecule has 0 aliphatic rings. The van der Waals surface area contributed by atoms with Gasteiger partial charge in [0.25, 0.3) is 5.91 Å². The van der Waals surface area contributed by atoms with Crippen LogP contribution in [-0.4, -0.2) is 10.9 Å². The van der Waals surface area contributed by atoms with Gasteiger partial charge in [0.15, 0.2) is 5.43 Å². The van der Waals surface area contributed by atoms with Gasteiger partial charge in [-0.15, -0.1) is 0 Å². The number of nitrogens with zero attached hydrogens (tertiary/aromatic N) is 1. The SMILES string of the molecule is CCc1[nH]c(C)c(C(=O)N(Cc2ccccc2)c2c(C)cccc2C)c(=O)c1C. The van der Waals surface area contributed by atoms with E-state index in [1.807, 2.05) is 69.3 Å². The predicted octanol–water partition coefficient (Wildman–Crippen LogP) is 5.02. The van der Waals surface area contributed by atoms with Gasteiger partial charge in [0.1, 0.15) is 5.56 Å². The number of H-pyrrole nitrogens is 1. The number of aryl methyl sites for hydroxylation is 4. The van der Waals surface area contributed by atoms with E-state index in [-0.39, 0.29) is 16.9 Å². The topological polar surface area (TPSA) is 53.2 Å². The van der Waals surface area contributed by atoms with Crippen molar-refractivity contribution in [3.8, 4) is 0 Å². The molecule has 1 amide bonds. The molecule has 4 nitrogen and oxygen atoms in total. The van der Waals surface area contributed by atoms with E-state index in [4.69, 9.17) is 0 Å². The Hall–Kier alpha value is -3.14. The van der Waals surface area contributed by atoms with Gasteiger partial charge in [-0.25, -0.2) is 0 Å². The number of aromatic nitrogens is 1. The van der Waals surface area contributed by atoms with Crippen LogP contribution in [-0.2, 0) is 13.0 Å². The van der Waals surface area contributed by atoms with Crippen molar-refractivity contribution in [1.29, 1.82) is 0 Å². The van der Waals surface area contributed by atoms with Gasteiger partial charge in [0.05, 0.1) is 12.2 Å². The molecule has 3 rings (SSSR count). The van der Waals surface area contributed by atoms with Crippen molar-refractivity contribution in [2.45, 2.75) is 47.6 Å². The molecule has 1 heterocycles. The number of amides is 1. The van der Waals surface area contributed by atoms with Gasteiger partial charge in [0.2, 0.25) is 0 Å². The van der Waals surface area contributed by atoms with E-state index < -0.39 is 0 Å². The summed E-state index contributed by atoms with van der Waals surface area (Å²) < 4.78 is 0. The van der Waals surface area contributed by atoms with Crippen LogP contribution in [0.5, 0.6) is 0 Å². The summed E-state index contributed by atoms with van der Waals surface area (Å²) in [5.74, 6) is -0.268. The quantitative estimate of drug-likeness (QED) is 0.667. The second kappa shape index (κ2) is 8.48. The minimum Gasteiger partial charge on any atom is -0.361 e. The first-order valence-electron chi connectivity index (χ1n) is 9.99. The number of hydrogen-bond acceptors (Lipinski definition) is 2. The zero-order valence-corrected chi connectivity index (χ0v) is 17.8. The maximum absolute atomic E-state index is 13.8. The minimum absolute atomic E-state index is 0.188. The zero-order chi connectivity index (χ0) is 21.1. The fraction of sp³-hybridized carbons (Fsp3) is 0.280. The molecule has 0 radical (unpaired) electrons. The number of hydrogen-bond donors (Lipinski definition) is 1. The van der Waals surface area contributed by atoms with Crippen LogP contribution in [0.4, 0.5) is 5.69 Å². The van der Waals surface area contributed by atoms with Gasteiger partial charge in [-0.05, 0) is 50.8 Å². The molecule has 0 fully saturated rings. The Labute approximate surface area is 172 Å². The minimum atomic E-state index is -0.268. The number of aromatic amines is 1. The molecule has 150 valence electrons. The maximum atomic E-state index is 13.8. The second-order valence-electron chi connectivity index (χ2n) is 7.53. The number of para-hydroxylation sites is 1. The molecule has 1 N–H and O–H groups in total. The molecular weight excluding hydrogens is 360 g/mol. The summed E-state index contributed by atoms with van der Waals surface area (Å²) >= 11 is 0. The number of benzene rings is 2. The standard InChI is InChI=1S/C25H28N2O2/c1-6-21-18(4)24(28)22(19(5)26-21)25(29)27(15-20-13-8-7-9-14-20)23-16(2)11-10-12-17(23)3/h7-14H,6,15H2,1-5H3,(H,26,28). The van der Waals surface area contributed by atoms with Crippen LogP contribution in [0.3, 0.4) is 0 Å². The first kappa shape index (κ1) is 20.6. The Morgan fingerprint density at radius 1 is 0.931 bits per heavy atom. The smallest absolute Gasteiger partial charge is 0.264 e. The van der Waals surface area contributed by atoms with Crippen LogP contribution in [0, 0.1) is 27.7 Å². The van der Waals surface area contributed by atoms with Crippen molar-refractivity contribution < 1.29 is 4.79 Å². The first-order chi connectivity index (χ1) is 13.8. The highest BCUT2D eigenvalue weighted by Crippen LogP contribution is 2.28. The van der Waals surface area contributed by atoms with Crippen LogP contribution in [0.2, 0.25) is 0 Å². The molecule has 1 aromatic heterocycles. The number of carbonyl (C=O) groups is 1. The summed E-state index contributed by atoms with van der Waals surface area (Å²) in [6, 6.07) is 15.8. The summed E-state index contributed by atoms with van der Waals surface area (Å²) in [5.41, 5.74) is 6.03. The lowest BCUT2D eigenvalue weighted by Crippen LogP contribution is -2.36. The molecule has 0 unspecified atom stereocenters. The van der Waals surface area contributed by atoms with E-state index >= 15 is 0 Å². The lowest BCUT2D eigenvalue weighted by molar-refractivity contribution is 0.0982. The number of pyridine rings is 1. The number of anilines is 1. The largest absolute Gasteiger partial charge is 0.361 e. The van der Waals surface area contributed by atoms with Crippen molar-refractivity contribution >= 4 is 11.6 Å². The van der Waals surface area contributed by atoms with Crippen LogP contribution in [0.15, 0.2) is 53.3 Å². The Balaban J connectivity index is 2.18. The molecule has 3 aromatic rings. The molecule has 4 heteroatoms. The van der Waals surface area contributed by atoms with Crippen molar-refractivity contribution in [2.24, 2.45) is 0 Å². The summed E-state index contributed by atoms with van der Waals surface area (Å²) in [4.78, 5) is 31.9. The summed E-state index contributed by atoms with van der Waals surface area (Å²) in [7, 11) is 0. The normalized spacial score (nSPS) is 10.8. The molecule has 0 aliphatic carbocycles. The molecule has 0 spiro atoms. The third-order valence-electron chi connectivity index (χ3n) is 5.44. The highest BCUT2D eigenvalue weighted by Gasteiger charge is 2.26. The van der Waals surface area contributed by atoms with Gasteiger partial charge in [-0.3, -0.25) is 9.59 Å². The van der Waals surface area contributed by atoms with Crippen LogP contribution in [0.25, 0.3) is 0 Å². The van der Waals surface area contributed by atoms with Crippen LogP contribution in [0.1, 0.15) is 50.9 Å². The molecule has 2 aromatic carbocycles. The second-order valence-corrected chi connectivity index (χ2v) is 7.53. The monoisotopic (exact) mass is 388 g/mol. The molecule has 0 aliphatic heterocycles. The molecular formula is C25H28N2O2. The molecule has 29 heavy (non-hydrogen) atoms. The van der Waals surface area contributed by atoms with Crippen molar-refractivity contribution in [2.75, 3.05) is 4.90 Å². The van der Waals surface area contributed by atoms with Crippen molar-refractivity contribution in [3.05, 3.63) is 98.0 Å². The fourth-order valence-corrected chi connectivity index (χ4v) is 3.87. The Morgan fingerprint density at radius 2 is 1.55 bits per heavy atom. The summed E-state index contributed by atoms with van der Waals surface area (Å²) in [5, 5.41) is 0. The average molecular weight is 389 g/mol. The maximum Gasteiger partial charge on any atom is 0.264 e. The average Bonchev–Trinajstić information content (AvgIpc) is 2.70. The van der Waals surface area contributed by atoms with Crippen LogP contribution < -0.4 is 10.3 Å². The zero-order valence-electron chi connectivity index (χ0n) is 17.8. The van der Waals surface area contributed by atoms with Gasteiger partial charge in [0, 0.05) is 17.0 Å². The highest BCUT2D eigenvalue weighted by molar-refractivity contribution is 6.07. The first-order valence-corrected chi connectivity index (χ1v) is 9.99. The third-order valence-corrected chi connectivity index (χ3v) is 5.44. The number of carbonyl (C=O) groups excluding carboxylic acids is 1. The Bertz CT molecular complexity index is 1080. The number of nitrogens with one attached hydrogen (secondary N) is 1. The van der Waals surface area contributed by atoms with Gasteiger partial charge < -0.3 is 9.88 Å². The molecule has 0 saturated heterocycles. The summed E-state index contributed by atoms with van der Waals surface area (Å²) in [6.07, 6.45) is 0.723. The van der Waals surface area contributed by atoms with E-state index in [2.05, 4.69) is 4.98 Å². The van der Waals surface area contributed by atoms with E-state index in [0.717, 1.165) is 34.5 Å². The molecule has 0 bridgehead atoms. The van der Waals surface area contributed by atoms with Crippen molar-refractivity contribution in [1.82, 2.24) is 4.98 Å².